The fourth-order valence-electron chi connectivity index (χ4n) is 1.46. The Hall–Kier alpha value is -1.56. The van der Waals surface area contributed by atoms with Gasteiger partial charge in [-0.15, -0.1) is 0 Å². The number of alkyl halides is 3. The topological polar surface area (TPSA) is 41.1 Å². The molecule has 3 nitrogen and oxygen atoms in total. The predicted molar refractivity (Wildman–Crippen MR) is 66.5 cm³/mol. The van der Waals surface area contributed by atoms with Crippen LogP contribution in [0.2, 0.25) is 0 Å². The molecule has 0 heterocycles. The van der Waals surface area contributed by atoms with Crippen LogP contribution in [-0.4, -0.2) is 19.0 Å². The van der Waals surface area contributed by atoms with E-state index in [4.69, 9.17) is 0 Å². The summed E-state index contributed by atoms with van der Waals surface area (Å²) in [5, 5.41) is 5.57. The van der Waals surface area contributed by atoms with Crippen LogP contribution in [0.4, 0.5) is 13.2 Å². The highest BCUT2D eigenvalue weighted by Crippen LogP contribution is 2.28. The van der Waals surface area contributed by atoms with E-state index in [2.05, 4.69) is 10.6 Å². The molecule has 0 atom stereocenters. The molecule has 2 N–H and O–H groups in total. The SMILES string of the molecule is CCCNC(=O)CNCc1ccc(C(F)(F)F)cc1. The monoisotopic (exact) mass is 274 g/mol. The molecule has 0 aliphatic rings. The first-order chi connectivity index (χ1) is 8.93. The lowest BCUT2D eigenvalue weighted by Crippen LogP contribution is -2.33. The Labute approximate surface area is 110 Å². The van der Waals surface area contributed by atoms with Crippen molar-refractivity contribution in [1.29, 1.82) is 0 Å². The highest BCUT2D eigenvalue weighted by atomic mass is 19.4. The van der Waals surface area contributed by atoms with Gasteiger partial charge in [0.1, 0.15) is 0 Å². The van der Waals surface area contributed by atoms with E-state index in [-0.39, 0.29) is 12.5 Å². The van der Waals surface area contributed by atoms with E-state index in [0.717, 1.165) is 18.6 Å². The van der Waals surface area contributed by atoms with E-state index in [1.54, 1.807) is 0 Å². The van der Waals surface area contributed by atoms with Crippen LogP contribution < -0.4 is 10.6 Å². The molecule has 6 heteroatoms. The Morgan fingerprint density at radius 2 is 1.84 bits per heavy atom. The maximum absolute atomic E-state index is 12.3. The molecule has 106 valence electrons. The summed E-state index contributed by atoms with van der Waals surface area (Å²) in [7, 11) is 0. The third-order valence-corrected chi connectivity index (χ3v) is 2.47. The lowest BCUT2D eigenvalue weighted by molar-refractivity contribution is -0.137. The number of rotatable bonds is 6. The van der Waals surface area contributed by atoms with Gasteiger partial charge in [0.05, 0.1) is 12.1 Å². The van der Waals surface area contributed by atoms with Crippen LogP contribution >= 0.6 is 0 Å². The van der Waals surface area contributed by atoms with Crippen molar-refractivity contribution < 1.29 is 18.0 Å². The molecule has 0 bridgehead atoms. The second-order valence-electron chi connectivity index (χ2n) is 4.15. The number of carbonyl (C=O) groups is 1. The van der Waals surface area contributed by atoms with Crippen molar-refractivity contribution in [2.24, 2.45) is 0 Å². The molecule has 0 unspecified atom stereocenters. The van der Waals surface area contributed by atoms with Crippen molar-refractivity contribution in [3.8, 4) is 0 Å². The summed E-state index contributed by atoms with van der Waals surface area (Å²) in [4.78, 5) is 11.3. The molecule has 1 aromatic rings. The number of hydrogen-bond donors (Lipinski definition) is 2. The third-order valence-electron chi connectivity index (χ3n) is 2.47. The number of hydrogen-bond acceptors (Lipinski definition) is 2. The van der Waals surface area contributed by atoms with Crippen molar-refractivity contribution in [2.45, 2.75) is 26.1 Å². The Morgan fingerprint density at radius 1 is 1.21 bits per heavy atom. The number of amides is 1. The molecule has 0 fully saturated rings. The Kier molecular flexibility index (Phi) is 5.82. The molecule has 19 heavy (non-hydrogen) atoms. The van der Waals surface area contributed by atoms with E-state index in [9.17, 15) is 18.0 Å². The largest absolute Gasteiger partial charge is 0.416 e. The van der Waals surface area contributed by atoms with Crippen LogP contribution in [0.5, 0.6) is 0 Å². The van der Waals surface area contributed by atoms with E-state index in [1.807, 2.05) is 6.92 Å². The molecule has 0 aliphatic carbocycles. The van der Waals surface area contributed by atoms with E-state index in [0.29, 0.717) is 18.7 Å². The van der Waals surface area contributed by atoms with E-state index in [1.165, 1.54) is 12.1 Å². The highest BCUT2D eigenvalue weighted by molar-refractivity contribution is 5.77. The number of halogens is 3. The fourth-order valence-corrected chi connectivity index (χ4v) is 1.46. The van der Waals surface area contributed by atoms with Gasteiger partial charge in [0.15, 0.2) is 0 Å². The van der Waals surface area contributed by atoms with Gasteiger partial charge in [-0.05, 0) is 24.1 Å². The minimum absolute atomic E-state index is 0.117. The summed E-state index contributed by atoms with van der Waals surface area (Å²) < 4.78 is 37.0. The second kappa shape index (κ2) is 7.13. The first-order valence-corrected chi connectivity index (χ1v) is 6.07. The minimum atomic E-state index is -4.31. The average molecular weight is 274 g/mol. The summed E-state index contributed by atoms with van der Waals surface area (Å²) in [6, 6.07) is 4.88. The zero-order chi connectivity index (χ0) is 14.3. The van der Waals surface area contributed by atoms with Crippen molar-refractivity contribution in [3.63, 3.8) is 0 Å². The highest BCUT2D eigenvalue weighted by Gasteiger charge is 2.29. The van der Waals surface area contributed by atoms with Crippen LogP contribution in [-0.2, 0) is 17.5 Å². The van der Waals surface area contributed by atoms with Gasteiger partial charge in [0, 0.05) is 13.1 Å². The Morgan fingerprint density at radius 3 is 2.37 bits per heavy atom. The quantitative estimate of drug-likeness (QED) is 0.836. The van der Waals surface area contributed by atoms with Gasteiger partial charge < -0.3 is 10.6 Å². The van der Waals surface area contributed by atoms with Crippen LogP contribution in [0.3, 0.4) is 0 Å². The second-order valence-corrected chi connectivity index (χ2v) is 4.15. The lowest BCUT2D eigenvalue weighted by atomic mass is 10.1. The van der Waals surface area contributed by atoms with Crippen molar-refractivity contribution >= 4 is 5.91 Å². The normalized spacial score (nSPS) is 11.4. The van der Waals surface area contributed by atoms with Crippen LogP contribution in [0, 0.1) is 0 Å². The van der Waals surface area contributed by atoms with Crippen LogP contribution in [0.1, 0.15) is 24.5 Å². The zero-order valence-corrected chi connectivity index (χ0v) is 10.7. The van der Waals surface area contributed by atoms with E-state index >= 15 is 0 Å². The van der Waals surface area contributed by atoms with Gasteiger partial charge in [-0.25, -0.2) is 0 Å². The minimum Gasteiger partial charge on any atom is -0.355 e. The standard InChI is InChI=1S/C13H17F3N2O/c1-2-7-18-12(19)9-17-8-10-3-5-11(6-4-10)13(14,15)16/h3-6,17H,2,7-9H2,1H3,(H,18,19). The molecule has 0 radical (unpaired) electrons. The predicted octanol–water partition coefficient (Wildman–Crippen LogP) is 2.32. The first-order valence-electron chi connectivity index (χ1n) is 6.07. The van der Waals surface area contributed by atoms with E-state index < -0.39 is 11.7 Å². The maximum Gasteiger partial charge on any atom is 0.416 e. The summed E-state index contributed by atoms with van der Waals surface area (Å²) in [6.45, 7) is 3.09. The molecule has 0 saturated carbocycles. The number of benzene rings is 1. The summed E-state index contributed by atoms with van der Waals surface area (Å²) in [5.74, 6) is -0.117. The van der Waals surface area contributed by atoms with Gasteiger partial charge in [-0.2, -0.15) is 13.2 Å². The van der Waals surface area contributed by atoms with Gasteiger partial charge in [-0.1, -0.05) is 19.1 Å². The van der Waals surface area contributed by atoms with Gasteiger partial charge in [0.2, 0.25) is 5.91 Å². The first kappa shape index (κ1) is 15.5. The van der Waals surface area contributed by atoms with Gasteiger partial charge in [-0.3, -0.25) is 4.79 Å². The molecule has 1 aromatic carbocycles. The van der Waals surface area contributed by atoms with Crippen molar-refractivity contribution in [2.75, 3.05) is 13.1 Å². The van der Waals surface area contributed by atoms with Crippen molar-refractivity contribution in [3.05, 3.63) is 35.4 Å². The third kappa shape index (κ3) is 5.74. The molecule has 1 rings (SSSR count). The maximum atomic E-state index is 12.3. The molecule has 0 aromatic heterocycles. The lowest BCUT2D eigenvalue weighted by Gasteiger charge is -2.08. The van der Waals surface area contributed by atoms with Gasteiger partial charge in [0.25, 0.3) is 0 Å². The van der Waals surface area contributed by atoms with Crippen molar-refractivity contribution in [1.82, 2.24) is 10.6 Å². The fraction of sp³-hybridized carbons (Fsp3) is 0.462. The number of carbonyl (C=O) groups excluding carboxylic acids is 1. The summed E-state index contributed by atoms with van der Waals surface area (Å²) in [6.07, 6.45) is -3.45. The van der Waals surface area contributed by atoms with Crippen LogP contribution in [0.25, 0.3) is 0 Å². The average Bonchev–Trinajstić information content (AvgIpc) is 2.36. The molecule has 0 aliphatic heterocycles. The smallest absolute Gasteiger partial charge is 0.355 e. The molecular weight excluding hydrogens is 257 g/mol. The van der Waals surface area contributed by atoms with Crippen LogP contribution in [0.15, 0.2) is 24.3 Å². The summed E-state index contributed by atoms with van der Waals surface area (Å²) >= 11 is 0. The Balaban J connectivity index is 2.36. The zero-order valence-electron chi connectivity index (χ0n) is 10.7. The number of nitrogens with one attached hydrogen (secondary N) is 2. The van der Waals surface area contributed by atoms with Gasteiger partial charge >= 0.3 is 6.18 Å². The summed E-state index contributed by atoms with van der Waals surface area (Å²) in [5.41, 5.74) is 0.0354. The molecule has 1 amide bonds. The molecule has 0 spiro atoms. The Bertz CT molecular complexity index is 401. The molecular formula is C13H17F3N2O. The molecule has 0 saturated heterocycles.